The highest BCUT2D eigenvalue weighted by molar-refractivity contribution is 6.24. The molecule has 0 heterocycles. The van der Waals surface area contributed by atoms with Crippen molar-refractivity contribution in [2.75, 3.05) is 0 Å². The summed E-state index contributed by atoms with van der Waals surface area (Å²) in [5, 5.41) is 38.6. The lowest BCUT2D eigenvalue weighted by Crippen LogP contribution is -2.20. The van der Waals surface area contributed by atoms with Crippen LogP contribution >= 0.6 is 0 Å². The average Bonchev–Trinajstić information content (AvgIpc) is 2.56. The fourth-order valence-electron chi connectivity index (χ4n) is 3.05. The number of carboxylic acid groups (broad SMARTS) is 4. The van der Waals surface area contributed by atoms with Crippen molar-refractivity contribution < 1.29 is 39.6 Å². The maximum Gasteiger partial charge on any atom is 0.337 e. The number of fused-ring (bicyclic) bond motifs is 2. The van der Waals surface area contributed by atoms with E-state index in [9.17, 15) is 39.6 Å². The molecule has 8 heteroatoms. The zero-order valence-electron chi connectivity index (χ0n) is 12.9. The Labute approximate surface area is 144 Å². The molecule has 0 saturated heterocycles. The Kier molecular flexibility index (Phi) is 3.80. The average molecular weight is 354 g/mol. The van der Waals surface area contributed by atoms with Crippen LogP contribution in [0.15, 0.2) is 36.4 Å². The van der Waals surface area contributed by atoms with E-state index in [1.54, 1.807) is 24.3 Å². The smallest absolute Gasteiger partial charge is 0.337 e. The monoisotopic (exact) mass is 354 g/mol. The third kappa shape index (κ3) is 2.40. The molecule has 0 aliphatic rings. The van der Waals surface area contributed by atoms with Gasteiger partial charge in [0.25, 0.3) is 0 Å². The Balaban J connectivity index is 2.74. The van der Waals surface area contributed by atoms with Gasteiger partial charge in [-0.05, 0) is 33.7 Å². The molecule has 0 atom stereocenters. The van der Waals surface area contributed by atoms with E-state index in [1.165, 1.54) is 12.1 Å². The molecule has 3 aromatic carbocycles. The normalized spacial score (nSPS) is 10.8. The maximum atomic E-state index is 11.7. The van der Waals surface area contributed by atoms with E-state index in [4.69, 9.17) is 0 Å². The number of hydrogen-bond donors (Lipinski definition) is 4. The lowest BCUT2D eigenvalue weighted by molar-refractivity contribution is 0.0621. The first-order valence-electron chi connectivity index (χ1n) is 7.19. The zero-order chi connectivity index (χ0) is 19.2. The Hall–Kier alpha value is -3.94. The van der Waals surface area contributed by atoms with Crippen LogP contribution in [0.1, 0.15) is 41.4 Å². The second-order valence-electron chi connectivity index (χ2n) is 5.47. The molecule has 26 heavy (non-hydrogen) atoms. The Morgan fingerprint density at radius 1 is 0.538 bits per heavy atom. The molecule has 0 unspecified atom stereocenters. The molecule has 0 aliphatic heterocycles. The highest BCUT2D eigenvalue weighted by Crippen LogP contribution is 2.34. The van der Waals surface area contributed by atoms with E-state index in [-0.39, 0.29) is 10.8 Å². The van der Waals surface area contributed by atoms with Gasteiger partial charge in [0, 0.05) is 0 Å². The van der Waals surface area contributed by atoms with Crippen molar-refractivity contribution in [1.82, 2.24) is 0 Å². The molecule has 3 rings (SSSR count). The Morgan fingerprint density at radius 3 is 1.12 bits per heavy atom. The number of benzene rings is 3. The Morgan fingerprint density at radius 2 is 0.846 bits per heavy atom. The molecule has 8 nitrogen and oxygen atoms in total. The number of carboxylic acids is 4. The summed E-state index contributed by atoms with van der Waals surface area (Å²) in [6.07, 6.45) is 0. The van der Waals surface area contributed by atoms with Crippen molar-refractivity contribution in [3.8, 4) is 0 Å². The third-order valence-corrected chi connectivity index (χ3v) is 4.03. The summed E-state index contributed by atoms with van der Waals surface area (Å²) in [6.45, 7) is 0. The van der Waals surface area contributed by atoms with Gasteiger partial charge < -0.3 is 20.4 Å². The van der Waals surface area contributed by atoms with Crippen LogP contribution < -0.4 is 0 Å². The van der Waals surface area contributed by atoms with Gasteiger partial charge in [0.05, 0.1) is 22.3 Å². The van der Waals surface area contributed by atoms with Crippen molar-refractivity contribution in [2.45, 2.75) is 0 Å². The largest absolute Gasteiger partial charge is 0.478 e. The summed E-state index contributed by atoms with van der Waals surface area (Å²) in [5.41, 5.74) is -3.66. The minimum absolute atomic E-state index is 0.156. The maximum absolute atomic E-state index is 11.7. The molecular weight excluding hydrogens is 344 g/mol. The van der Waals surface area contributed by atoms with Crippen molar-refractivity contribution in [3.05, 3.63) is 58.7 Å². The summed E-state index contributed by atoms with van der Waals surface area (Å²) >= 11 is 0. The second-order valence-corrected chi connectivity index (χ2v) is 5.47. The topological polar surface area (TPSA) is 149 Å². The van der Waals surface area contributed by atoms with E-state index >= 15 is 0 Å². The SMILES string of the molecule is O=C(O)c1c(C(=O)O)c(C(=O)O)c2cc3ccccc3cc2c1C(=O)O. The van der Waals surface area contributed by atoms with Gasteiger partial charge in [0.15, 0.2) is 0 Å². The zero-order valence-corrected chi connectivity index (χ0v) is 12.9. The van der Waals surface area contributed by atoms with Gasteiger partial charge in [-0.2, -0.15) is 0 Å². The summed E-state index contributed by atoms with van der Waals surface area (Å²) in [7, 11) is 0. The molecule has 0 fully saturated rings. The lowest BCUT2D eigenvalue weighted by atomic mass is 9.87. The van der Waals surface area contributed by atoms with Gasteiger partial charge in [-0.3, -0.25) is 0 Å². The first-order chi connectivity index (χ1) is 12.2. The van der Waals surface area contributed by atoms with E-state index in [0.29, 0.717) is 10.8 Å². The predicted molar refractivity (Wildman–Crippen MR) is 89.3 cm³/mol. The fraction of sp³-hybridized carbons (Fsp3) is 0. The van der Waals surface area contributed by atoms with Crippen LogP contribution in [-0.2, 0) is 0 Å². The predicted octanol–water partition coefficient (Wildman–Crippen LogP) is 2.79. The quantitative estimate of drug-likeness (QED) is 0.522. The van der Waals surface area contributed by atoms with Gasteiger partial charge in [0.2, 0.25) is 0 Å². The van der Waals surface area contributed by atoms with Gasteiger partial charge in [0.1, 0.15) is 0 Å². The van der Waals surface area contributed by atoms with Gasteiger partial charge in [-0.25, -0.2) is 19.2 Å². The second kappa shape index (κ2) is 5.85. The third-order valence-electron chi connectivity index (χ3n) is 4.03. The van der Waals surface area contributed by atoms with Crippen LogP contribution in [0.25, 0.3) is 21.5 Å². The highest BCUT2D eigenvalue weighted by Gasteiger charge is 2.33. The van der Waals surface area contributed by atoms with Crippen LogP contribution in [-0.4, -0.2) is 44.3 Å². The number of aromatic carboxylic acids is 4. The van der Waals surface area contributed by atoms with Crippen LogP contribution in [0.4, 0.5) is 0 Å². The molecule has 0 aromatic heterocycles. The lowest BCUT2D eigenvalue weighted by Gasteiger charge is -2.15. The Bertz CT molecular complexity index is 1050. The molecule has 0 bridgehead atoms. The van der Waals surface area contributed by atoms with Crippen molar-refractivity contribution >= 4 is 45.4 Å². The molecule has 0 aliphatic carbocycles. The molecule has 0 saturated carbocycles. The van der Waals surface area contributed by atoms with E-state index < -0.39 is 46.1 Å². The van der Waals surface area contributed by atoms with E-state index in [1.807, 2.05) is 0 Å². The van der Waals surface area contributed by atoms with Gasteiger partial charge in [-0.1, -0.05) is 24.3 Å². The first kappa shape index (κ1) is 16.9. The molecule has 3 aromatic rings. The standard InChI is InChI=1S/C18H10O8/c19-15(20)11-9-5-7-3-1-2-4-8(7)6-10(9)12(16(21)22)14(18(25)26)13(11)17(23)24/h1-6H,(H,19,20)(H,21,22)(H,23,24)(H,25,26). The minimum atomic E-state index is -1.84. The van der Waals surface area contributed by atoms with Crippen molar-refractivity contribution in [1.29, 1.82) is 0 Å². The molecule has 4 N–H and O–H groups in total. The van der Waals surface area contributed by atoms with Crippen molar-refractivity contribution in [2.24, 2.45) is 0 Å². The molecular formula is C18H10O8. The molecule has 0 spiro atoms. The van der Waals surface area contributed by atoms with Crippen molar-refractivity contribution in [3.63, 3.8) is 0 Å². The molecule has 0 radical (unpaired) electrons. The van der Waals surface area contributed by atoms with Gasteiger partial charge in [-0.15, -0.1) is 0 Å². The number of hydrogen-bond acceptors (Lipinski definition) is 4. The molecule has 130 valence electrons. The molecule has 0 amide bonds. The highest BCUT2D eigenvalue weighted by atomic mass is 16.4. The summed E-state index contributed by atoms with van der Waals surface area (Å²) in [4.78, 5) is 46.7. The van der Waals surface area contributed by atoms with Crippen LogP contribution in [0.2, 0.25) is 0 Å². The van der Waals surface area contributed by atoms with E-state index in [0.717, 1.165) is 0 Å². The summed E-state index contributed by atoms with van der Waals surface area (Å²) in [6, 6.07) is 9.34. The summed E-state index contributed by atoms with van der Waals surface area (Å²) in [5.74, 6) is -7.00. The fourth-order valence-corrected chi connectivity index (χ4v) is 3.05. The van der Waals surface area contributed by atoms with E-state index in [2.05, 4.69) is 0 Å². The van der Waals surface area contributed by atoms with Crippen LogP contribution in [0.5, 0.6) is 0 Å². The first-order valence-corrected chi connectivity index (χ1v) is 7.19. The summed E-state index contributed by atoms with van der Waals surface area (Å²) < 4.78 is 0. The number of rotatable bonds is 4. The van der Waals surface area contributed by atoms with Crippen LogP contribution in [0.3, 0.4) is 0 Å². The van der Waals surface area contributed by atoms with Crippen LogP contribution in [0, 0.1) is 0 Å². The van der Waals surface area contributed by atoms with Gasteiger partial charge >= 0.3 is 23.9 Å². The minimum Gasteiger partial charge on any atom is -0.478 e. The number of carbonyl (C=O) groups is 4.